The molecule has 0 bridgehead atoms. The smallest absolute Gasteiger partial charge is 0.243 e. The predicted octanol–water partition coefficient (Wildman–Crippen LogP) is 3.41. The summed E-state index contributed by atoms with van der Waals surface area (Å²) in [4.78, 5) is 2.36. The monoisotopic (exact) mass is 391 g/mol. The van der Waals surface area contributed by atoms with Crippen molar-refractivity contribution < 1.29 is 8.42 Å². The van der Waals surface area contributed by atoms with Crippen LogP contribution in [0.2, 0.25) is 0 Å². The second kappa shape index (κ2) is 7.72. The number of hydrogen-bond donors (Lipinski definition) is 0. The van der Waals surface area contributed by atoms with Crippen LogP contribution in [0.5, 0.6) is 0 Å². The molecule has 3 aromatic carbocycles. The first-order chi connectivity index (χ1) is 13.6. The summed E-state index contributed by atoms with van der Waals surface area (Å²) in [6, 6.07) is 24.6. The van der Waals surface area contributed by atoms with E-state index in [1.807, 2.05) is 65.6 Å². The van der Waals surface area contributed by atoms with Gasteiger partial charge in [0, 0.05) is 26.2 Å². The maximum Gasteiger partial charge on any atom is 0.243 e. The van der Waals surface area contributed by atoms with E-state index in [0.29, 0.717) is 31.1 Å². The molecule has 28 heavy (non-hydrogen) atoms. The van der Waals surface area contributed by atoms with E-state index in [-0.39, 0.29) is 6.04 Å². The number of nitriles is 1. The molecule has 1 atom stereocenters. The molecule has 0 N–H and O–H groups in total. The van der Waals surface area contributed by atoms with Crippen LogP contribution in [0.15, 0.2) is 77.7 Å². The maximum absolute atomic E-state index is 13.1. The first kappa shape index (κ1) is 18.6. The summed E-state index contributed by atoms with van der Waals surface area (Å²) in [5, 5.41) is 11.5. The highest BCUT2D eigenvalue weighted by atomic mass is 32.2. The van der Waals surface area contributed by atoms with Crippen LogP contribution in [0.25, 0.3) is 10.8 Å². The van der Waals surface area contributed by atoms with Crippen LogP contribution < -0.4 is 0 Å². The van der Waals surface area contributed by atoms with Crippen molar-refractivity contribution in [3.8, 4) is 6.07 Å². The van der Waals surface area contributed by atoms with E-state index in [4.69, 9.17) is 0 Å². The van der Waals surface area contributed by atoms with Gasteiger partial charge in [-0.1, -0.05) is 60.7 Å². The number of sulfonamides is 1. The maximum atomic E-state index is 13.1. The Bertz CT molecular complexity index is 1120. The van der Waals surface area contributed by atoms with Crippen LogP contribution in [-0.2, 0) is 10.0 Å². The molecule has 5 nitrogen and oxygen atoms in total. The van der Waals surface area contributed by atoms with E-state index in [1.165, 1.54) is 4.31 Å². The lowest BCUT2D eigenvalue weighted by Crippen LogP contribution is -2.49. The van der Waals surface area contributed by atoms with E-state index in [2.05, 4.69) is 6.07 Å². The van der Waals surface area contributed by atoms with Gasteiger partial charge in [-0.05, 0) is 28.5 Å². The van der Waals surface area contributed by atoms with E-state index in [1.54, 1.807) is 12.1 Å². The minimum atomic E-state index is -3.55. The molecule has 0 aliphatic carbocycles. The molecule has 6 heteroatoms. The second-order valence-corrected chi connectivity index (χ2v) is 8.83. The minimum Gasteiger partial charge on any atom is -0.282 e. The van der Waals surface area contributed by atoms with Crippen molar-refractivity contribution >= 4 is 20.8 Å². The van der Waals surface area contributed by atoms with Crippen LogP contribution >= 0.6 is 0 Å². The highest BCUT2D eigenvalue weighted by Gasteiger charge is 2.31. The van der Waals surface area contributed by atoms with Crippen LogP contribution in [0.4, 0.5) is 0 Å². The Hall–Kier alpha value is -2.72. The molecule has 1 aliphatic rings. The van der Waals surface area contributed by atoms with Crippen molar-refractivity contribution in [1.29, 1.82) is 5.26 Å². The van der Waals surface area contributed by atoms with Gasteiger partial charge < -0.3 is 0 Å². The van der Waals surface area contributed by atoms with Crippen LogP contribution in [0.1, 0.15) is 11.6 Å². The number of piperazine rings is 1. The molecule has 1 unspecified atom stereocenters. The van der Waals surface area contributed by atoms with Crippen molar-refractivity contribution in [1.82, 2.24) is 9.21 Å². The molecule has 0 saturated carbocycles. The van der Waals surface area contributed by atoms with Gasteiger partial charge in [0.15, 0.2) is 0 Å². The third kappa shape index (κ3) is 3.52. The lowest BCUT2D eigenvalue weighted by Gasteiger charge is -2.36. The van der Waals surface area contributed by atoms with Gasteiger partial charge >= 0.3 is 0 Å². The van der Waals surface area contributed by atoms with Crippen molar-refractivity contribution in [3.05, 3.63) is 78.4 Å². The summed E-state index contributed by atoms with van der Waals surface area (Å²) in [5.74, 6) is 0. The van der Waals surface area contributed by atoms with Gasteiger partial charge in [0.05, 0.1) is 11.0 Å². The molecule has 1 heterocycles. The van der Waals surface area contributed by atoms with E-state index in [0.717, 1.165) is 16.3 Å². The molecule has 1 saturated heterocycles. The highest BCUT2D eigenvalue weighted by molar-refractivity contribution is 7.89. The normalized spacial score (nSPS) is 17.2. The van der Waals surface area contributed by atoms with Gasteiger partial charge in [-0.15, -0.1) is 0 Å². The fourth-order valence-corrected chi connectivity index (χ4v) is 5.14. The van der Waals surface area contributed by atoms with Crippen molar-refractivity contribution in [3.63, 3.8) is 0 Å². The Morgan fingerprint density at radius 2 is 1.46 bits per heavy atom. The van der Waals surface area contributed by atoms with Gasteiger partial charge in [0.25, 0.3) is 0 Å². The first-order valence-corrected chi connectivity index (χ1v) is 10.7. The van der Waals surface area contributed by atoms with Crippen LogP contribution in [0.3, 0.4) is 0 Å². The second-order valence-electron chi connectivity index (χ2n) is 6.89. The summed E-state index contributed by atoms with van der Waals surface area (Å²) < 4.78 is 27.7. The van der Waals surface area contributed by atoms with Gasteiger partial charge in [0.2, 0.25) is 10.0 Å². The fraction of sp³-hybridized carbons (Fsp3) is 0.227. The summed E-state index contributed by atoms with van der Waals surface area (Å²) in [6.45, 7) is 1.81. The topological polar surface area (TPSA) is 64.4 Å². The number of benzene rings is 3. The molecule has 3 aromatic rings. The average molecular weight is 391 g/mol. The predicted molar refractivity (Wildman–Crippen MR) is 109 cm³/mol. The molecule has 0 spiro atoms. The fourth-order valence-electron chi connectivity index (χ4n) is 3.68. The molecule has 1 aliphatic heterocycles. The van der Waals surface area contributed by atoms with Crippen molar-refractivity contribution in [2.75, 3.05) is 26.2 Å². The summed E-state index contributed by atoms with van der Waals surface area (Å²) in [7, 11) is -3.55. The quantitative estimate of drug-likeness (QED) is 0.684. The van der Waals surface area contributed by atoms with Crippen LogP contribution in [0, 0.1) is 11.3 Å². The summed E-state index contributed by atoms with van der Waals surface area (Å²) >= 11 is 0. The van der Waals surface area contributed by atoms with Gasteiger partial charge in [0.1, 0.15) is 6.04 Å². The third-order valence-corrected chi connectivity index (χ3v) is 7.13. The largest absolute Gasteiger partial charge is 0.282 e. The Balaban J connectivity index is 1.51. The van der Waals surface area contributed by atoms with Gasteiger partial charge in [-0.3, -0.25) is 4.90 Å². The minimum absolute atomic E-state index is 0.319. The Labute approximate surface area is 165 Å². The number of nitrogens with zero attached hydrogens (tertiary/aromatic N) is 3. The third-order valence-electron chi connectivity index (χ3n) is 5.23. The molecule has 0 amide bonds. The summed E-state index contributed by atoms with van der Waals surface area (Å²) in [5.41, 5.74) is 0.941. The van der Waals surface area contributed by atoms with Crippen molar-refractivity contribution in [2.45, 2.75) is 10.9 Å². The number of fused-ring (bicyclic) bond motifs is 1. The SMILES string of the molecule is N#CC(c1ccccc1)N1CCN(S(=O)(=O)c2ccc3ccccc3c2)CC1. The van der Waals surface area contributed by atoms with Crippen molar-refractivity contribution in [2.24, 2.45) is 0 Å². The number of rotatable bonds is 4. The van der Waals surface area contributed by atoms with E-state index in [9.17, 15) is 13.7 Å². The molecule has 0 radical (unpaired) electrons. The molecule has 142 valence electrons. The standard InChI is InChI=1S/C22H21N3O2S/c23-17-22(19-7-2-1-3-8-19)24-12-14-25(15-13-24)28(26,27)21-11-10-18-6-4-5-9-20(18)16-21/h1-11,16,22H,12-15H2. The molecular formula is C22H21N3O2S. The zero-order valence-electron chi connectivity index (χ0n) is 15.4. The number of hydrogen-bond acceptors (Lipinski definition) is 4. The Morgan fingerprint density at radius 1 is 0.821 bits per heavy atom. The lowest BCUT2D eigenvalue weighted by molar-refractivity contribution is 0.162. The van der Waals surface area contributed by atoms with Crippen LogP contribution in [-0.4, -0.2) is 43.8 Å². The van der Waals surface area contributed by atoms with E-state index < -0.39 is 10.0 Å². The van der Waals surface area contributed by atoms with E-state index >= 15 is 0 Å². The van der Waals surface area contributed by atoms with Gasteiger partial charge in [-0.2, -0.15) is 9.57 Å². The summed E-state index contributed by atoms with van der Waals surface area (Å²) in [6.07, 6.45) is 0. The Morgan fingerprint density at radius 3 is 2.14 bits per heavy atom. The molecular weight excluding hydrogens is 370 g/mol. The van der Waals surface area contributed by atoms with Gasteiger partial charge in [-0.25, -0.2) is 8.42 Å². The zero-order valence-corrected chi connectivity index (χ0v) is 16.2. The average Bonchev–Trinajstić information content (AvgIpc) is 2.75. The molecule has 4 rings (SSSR count). The Kier molecular flexibility index (Phi) is 5.14. The molecule has 1 fully saturated rings. The highest BCUT2D eigenvalue weighted by Crippen LogP contribution is 2.25. The molecule has 0 aromatic heterocycles. The lowest BCUT2D eigenvalue weighted by atomic mass is 10.1. The first-order valence-electron chi connectivity index (χ1n) is 9.27. The zero-order chi connectivity index (χ0) is 19.6.